The summed E-state index contributed by atoms with van der Waals surface area (Å²) in [6.07, 6.45) is 1.67. The van der Waals surface area contributed by atoms with E-state index in [1.807, 2.05) is 6.92 Å². The Morgan fingerprint density at radius 3 is 2.62 bits per heavy atom. The zero-order valence-electron chi connectivity index (χ0n) is 8.54. The fraction of sp³-hybridized carbons (Fsp3) is 0.900. The third-order valence-corrected chi connectivity index (χ3v) is 3.01. The fourth-order valence-electron chi connectivity index (χ4n) is 2.12. The third-order valence-electron chi connectivity index (χ3n) is 3.01. The van der Waals surface area contributed by atoms with Gasteiger partial charge in [-0.05, 0) is 38.0 Å². The lowest BCUT2D eigenvalue weighted by Gasteiger charge is -2.23. The van der Waals surface area contributed by atoms with Crippen LogP contribution in [0.25, 0.3) is 0 Å². The van der Waals surface area contributed by atoms with Crippen molar-refractivity contribution in [3.63, 3.8) is 0 Å². The van der Waals surface area contributed by atoms with E-state index in [9.17, 15) is 4.79 Å². The molecule has 0 aromatic carbocycles. The average Bonchev–Trinajstić information content (AvgIpc) is 2.29. The first-order valence-corrected chi connectivity index (χ1v) is 4.85. The van der Waals surface area contributed by atoms with Gasteiger partial charge in [-0.15, -0.1) is 0 Å². The molecule has 76 valence electrons. The maximum absolute atomic E-state index is 10.4. The van der Waals surface area contributed by atoms with Crippen LogP contribution in [0.15, 0.2) is 0 Å². The van der Waals surface area contributed by atoms with Gasteiger partial charge in [-0.2, -0.15) is 0 Å². The first-order chi connectivity index (χ1) is 5.93. The second-order valence-electron chi connectivity index (χ2n) is 4.56. The number of hydrogen-bond acceptors (Lipinski definition) is 2. The van der Waals surface area contributed by atoms with Crippen LogP contribution in [0.2, 0.25) is 0 Å². The van der Waals surface area contributed by atoms with Crippen LogP contribution >= 0.6 is 0 Å². The summed E-state index contributed by atoms with van der Waals surface area (Å²) >= 11 is 0. The fourth-order valence-corrected chi connectivity index (χ4v) is 2.12. The molecule has 3 heteroatoms. The van der Waals surface area contributed by atoms with Crippen LogP contribution in [0, 0.1) is 11.8 Å². The molecule has 1 aliphatic carbocycles. The molecule has 1 fully saturated rings. The van der Waals surface area contributed by atoms with Crippen molar-refractivity contribution < 1.29 is 14.6 Å². The van der Waals surface area contributed by atoms with Crippen LogP contribution < -0.4 is 0 Å². The summed E-state index contributed by atoms with van der Waals surface area (Å²) in [5.41, 5.74) is -0.430. The van der Waals surface area contributed by atoms with E-state index in [0.29, 0.717) is 11.8 Å². The minimum Gasteiger partial charge on any atom is -0.450 e. The van der Waals surface area contributed by atoms with E-state index >= 15 is 0 Å². The van der Waals surface area contributed by atoms with Crippen LogP contribution in [0.3, 0.4) is 0 Å². The van der Waals surface area contributed by atoms with Crippen molar-refractivity contribution in [3.05, 3.63) is 0 Å². The molecule has 2 unspecified atom stereocenters. The summed E-state index contributed by atoms with van der Waals surface area (Å²) in [7, 11) is 0. The molecule has 0 bridgehead atoms. The molecule has 0 saturated heterocycles. The van der Waals surface area contributed by atoms with Gasteiger partial charge in [0.05, 0.1) is 0 Å². The Hall–Kier alpha value is -0.730. The Kier molecular flexibility index (Phi) is 2.84. The van der Waals surface area contributed by atoms with Crippen molar-refractivity contribution in [3.8, 4) is 0 Å². The first-order valence-electron chi connectivity index (χ1n) is 4.85. The summed E-state index contributed by atoms with van der Waals surface area (Å²) in [6.45, 7) is 6.25. The van der Waals surface area contributed by atoms with Crippen LogP contribution in [0.5, 0.6) is 0 Å². The van der Waals surface area contributed by atoms with E-state index in [-0.39, 0.29) is 0 Å². The topological polar surface area (TPSA) is 46.5 Å². The monoisotopic (exact) mass is 186 g/mol. The molecule has 3 nitrogen and oxygen atoms in total. The maximum atomic E-state index is 10.4. The average molecular weight is 186 g/mol. The minimum absolute atomic E-state index is 0.430. The molecule has 0 aromatic heterocycles. The second-order valence-corrected chi connectivity index (χ2v) is 4.56. The van der Waals surface area contributed by atoms with Crippen molar-refractivity contribution >= 4 is 6.16 Å². The molecule has 1 saturated carbocycles. The van der Waals surface area contributed by atoms with E-state index in [4.69, 9.17) is 9.84 Å². The van der Waals surface area contributed by atoms with Gasteiger partial charge in [-0.3, -0.25) is 0 Å². The van der Waals surface area contributed by atoms with E-state index in [1.165, 1.54) is 0 Å². The zero-order valence-corrected chi connectivity index (χ0v) is 8.54. The smallest absolute Gasteiger partial charge is 0.450 e. The van der Waals surface area contributed by atoms with Gasteiger partial charge < -0.3 is 9.84 Å². The summed E-state index contributed by atoms with van der Waals surface area (Å²) in [6, 6.07) is 0. The van der Waals surface area contributed by atoms with E-state index in [0.717, 1.165) is 19.3 Å². The lowest BCUT2D eigenvalue weighted by Crippen LogP contribution is -2.28. The normalized spacial score (nSPS) is 33.7. The molecule has 0 radical (unpaired) electrons. The lowest BCUT2D eigenvalue weighted by atomic mass is 9.92. The third kappa shape index (κ3) is 2.61. The predicted molar refractivity (Wildman–Crippen MR) is 49.7 cm³/mol. The SMILES string of the molecule is CC(C)C1CCC(C)(OC(=O)O)C1. The minimum atomic E-state index is -1.15. The van der Waals surface area contributed by atoms with Gasteiger partial charge in [0, 0.05) is 0 Å². The first kappa shape index (κ1) is 10.4. The molecule has 0 heterocycles. The number of carbonyl (C=O) groups is 1. The number of rotatable bonds is 2. The number of hydrogen-bond donors (Lipinski definition) is 1. The van der Waals surface area contributed by atoms with Crippen LogP contribution in [0.4, 0.5) is 4.79 Å². The van der Waals surface area contributed by atoms with E-state index < -0.39 is 11.8 Å². The molecule has 2 atom stereocenters. The summed E-state index contributed by atoms with van der Waals surface area (Å²) < 4.78 is 4.90. The second kappa shape index (κ2) is 3.56. The Bertz CT molecular complexity index is 200. The van der Waals surface area contributed by atoms with Crippen LogP contribution in [-0.4, -0.2) is 16.9 Å². The van der Waals surface area contributed by atoms with Crippen molar-refractivity contribution in [1.29, 1.82) is 0 Å². The van der Waals surface area contributed by atoms with Crippen molar-refractivity contribution in [2.75, 3.05) is 0 Å². The standard InChI is InChI=1S/C10H18O3/c1-7(2)8-4-5-10(3,6-8)13-9(11)12/h7-8H,4-6H2,1-3H3,(H,11,12). The molecule has 1 N–H and O–H groups in total. The maximum Gasteiger partial charge on any atom is 0.506 e. The van der Waals surface area contributed by atoms with Gasteiger partial charge in [0.2, 0.25) is 0 Å². The molecule has 0 spiro atoms. The van der Waals surface area contributed by atoms with E-state index in [1.54, 1.807) is 0 Å². The number of ether oxygens (including phenoxy) is 1. The van der Waals surface area contributed by atoms with Gasteiger partial charge in [0.1, 0.15) is 5.60 Å². The zero-order chi connectivity index (χ0) is 10.1. The Morgan fingerprint density at radius 1 is 1.62 bits per heavy atom. The van der Waals surface area contributed by atoms with Crippen LogP contribution in [-0.2, 0) is 4.74 Å². The largest absolute Gasteiger partial charge is 0.506 e. The molecule has 0 amide bonds. The van der Waals surface area contributed by atoms with Gasteiger partial charge in [-0.1, -0.05) is 13.8 Å². The lowest BCUT2D eigenvalue weighted by molar-refractivity contribution is -0.00652. The van der Waals surface area contributed by atoms with Crippen molar-refractivity contribution in [2.45, 2.75) is 45.6 Å². The van der Waals surface area contributed by atoms with Crippen molar-refractivity contribution in [2.24, 2.45) is 11.8 Å². The van der Waals surface area contributed by atoms with Gasteiger partial charge in [0.25, 0.3) is 0 Å². The highest BCUT2D eigenvalue weighted by Crippen LogP contribution is 2.40. The summed E-state index contributed by atoms with van der Waals surface area (Å²) in [4.78, 5) is 10.4. The highest BCUT2D eigenvalue weighted by atomic mass is 16.7. The molecular formula is C10H18O3. The summed E-state index contributed by atoms with van der Waals surface area (Å²) in [5.74, 6) is 1.24. The van der Waals surface area contributed by atoms with Crippen LogP contribution in [0.1, 0.15) is 40.0 Å². The molecule has 0 aromatic rings. The Balaban J connectivity index is 2.51. The molecule has 0 aliphatic heterocycles. The number of carboxylic acid groups (broad SMARTS) is 1. The Morgan fingerprint density at radius 2 is 2.23 bits per heavy atom. The van der Waals surface area contributed by atoms with Gasteiger partial charge in [-0.25, -0.2) is 4.79 Å². The molecule has 13 heavy (non-hydrogen) atoms. The van der Waals surface area contributed by atoms with Crippen molar-refractivity contribution in [1.82, 2.24) is 0 Å². The highest BCUT2D eigenvalue weighted by Gasteiger charge is 2.39. The quantitative estimate of drug-likeness (QED) is 0.674. The summed E-state index contributed by atoms with van der Waals surface area (Å²) in [5, 5.41) is 8.54. The Labute approximate surface area is 79.1 Å². The molecular weight excluding hydrogens is 168 g/mol. The highest BCUT2D eigenvalue weighted by molar-refractivity contribution is 5.57. The predicted octanol–water partition coefficient (Wildman–Crippen LogP) is 2.90. The molecule has 1 aliphatic rings. The van der Waals surface area contributed by atoms with Gasteiger partial charge in [0.15, 0.2) is 0 Å². The van der Waals surface area contributed by atoms with E-state index in [2.05, 4.69) is 13.8 Å². The molecule has 1 rings (SSSR count). The van der Waals surface area contributed by atoms with Gasteiger partial charge >= 0.3 is 6.16 Å².